The molecule has 1 atom stereocenters. The van der Waals surface area contributed by atoms with Gasteiger partial charge in [-0.3, -0.25) is 0 Å². The van der Waals surface area contributed by atoms with Gasteiger partial charge in [-0.25, -0.2) is 4.98 Å². The molecule has 0 radical (unpaired) electrons. The van der Waals surface area contributed by atoms with Gasteiger partial charge in [0.1, 0.15) is 5.82 Å². The molecule has 1 fully saturated rings. The molecule has 0 spiro atoms. The molecule has 1 saturated carbocycles. The smallest absolute Gasteiger partial charge is 0.214 e. The maximum Gasteiger partial charge on any atom is 0.214 e. The van der Waals surface area contributed by atoms with E-state index in [0.717, 1.165) is 0 Å². The third-order valence-corrected chi connectivity index (χ3v) is 3.55. The van der Waals surface area contributed by atoms with Crippen molar-refractivity contribution in [2.75, 3.05) is 5.32 Å². The van der Waals surface area contributed by atoms with Crippen molar-refractivity contribution in [1.29, 1.82) is 0 Å². The fraction of sp³-hybridized carbons (Fsp3) is 0.312. The van der Waals surface area contributed by atoms with Crippen LogP contribution in [0.4, 0.5) is 10.2 Å². The number of nitrogens with zero attached hydrogens (tertiary/aromatic N) is 1. The van der Waals surface area contributed by atoms with Crippen LogP contribution in [0.15, 0.2) is 42.5 Å². The molecule has 19 heavy (non-hydrogen) atoms. The SMILES string of the molecule is Cc1ccc(C(Nc2cccc(F)n2)C2CC2)cc1. The number of nitrogens with one attached hydrogen (secondary N) is 1. The molecule has 98 valence electrons. The largest absolute Gasteiger partial charge is 0.363 e. The second kappa shape index (κ2) is 5.00. The number of hydrogen-bond donors (Lipinski definition) is 1. The number of anilines is 1. The van der Waals surface area contributed by atoms with Crippen LogP contribution < -0.4 is 5.32 Å². The van der Waals surface area contributed by atoms with Crippen LogP contribution >= 0.6 is 0 Å². The number of aromatic nitrogens is 1. The highest BCUT2D eigenvalue weighted by Gasteiger charge is 2.32. The molecular weight excluding hydrogens is 239 g/mol. The quantitative estimate of drug-likeness (QED) is 0.833. The standard InChI is InChI=1S/C16H17FN2/c1-11-5-7-12(8-6-11)16(13-9-10-13)19-15-4-2-3-14(17)18-15/h2-8,13,16H,9-10H2,1H3,(H,18,19). The maximum atomic E-state index is 13.1. The van der Waals surface area contributed by atoms with Crippen molar-refractivity contribution in [1.82, 2.24) is 4.98 Å². The number of rotatable bonds is 4. The maximum absolute atomic E-state index is 13.1. The first-order chi connectivity index (χ1) is 9.22. The van der Waals surface area contributed by atoms with Crippen molar-refractivity contribution in [3.63, 3.8) is 0 Å². The monoisotopic (exact) mass is 256 g/mol. The summed E-state index contributed by atoms with van der Waals surface area (Å²) in [5, 5.41) is 3.37. The summed E-state index contributed by atoms with van der Waals surface area (Å²) in [7, 11) is 0. The van der Waals surface area contributed by atoms with Crippen molar-refractivity contribution in [2.24, 2.45) is 5.92 Å². The van der Waals surface area contributed by atoms with E-state index in [0.29, 0.717) is 11.7 Å². The lowest BCUT2D eigenvalue weighted by atomic mass is 10.0. The second-order valence-electron chi connectivity index (χ2n) is 5.22. The number of benzene rings is 1. The Hall–Kier alpha value is -1.90. The first kappa shape index (κ1) is 12.2. The van der Waals surface area contributed by atoms with E-state index in [1.165, 1.54) is 30.0 Å². The molecule has 3 heteroatoms. The molecule has 1 aliphatic rings. The van der Waals surface area contributed by atoms with Gasteiger partial charge in [-0.2, -0.15) is 4.39 Å². The topological polar surface area (TPSA) is 24.9 Å². The highest BCUT2D eigenvalue weighted by Crippen LogP contribution is 2.42. The number of hydrogen-bond acceptors (Lipinski definition) is 2. The fourth-order valence-electron chi connectivity index (χ4n) is 2.32. The summed E-state index contributed by atoms with van der Waals surface area (Å²) in [6, 6.07) is 13.6. The van der Waals surface area contributed by atoms with E-state index in [9.17, 15) is 4.39 Å². The van der Waals surface area contributed by atoms with Crippen LogP contribution in [-0.2, 0) is 0 Å². The predicted molar refractivity (Wildman–Crippen MR) is 74.5 cm³/mol. The summed E-state index contributed by atoms with van der Waals surface area (Å²) >= 11 is 0. The fourth-order valence-corrected chi connectivity index (χ4v) is 2.32. The van der Waals surface area contributed by atoms with Crippen molar-refractivity contribution < 1.29 is 4.39 Å². The van der Waals surface area contributed by atoms with Crippen LogP contribution in [0.5, 0.6) is 0 Å². The molecule has 1 aromatic carbocycles. The molecule has 3 rings (SSSR count). The van der Waals surface area contributed by atoms with Crippen LogP contribution in [0.25, 0.3) is 0 Å². The zero-order valence-corrected chi connectivity index (χ0v) is 10.9. The molecule has 0 amide bonds. The molecular formula is C16H17FN2. The average molecular weight is 256 g/mol. The molecule has 0 bridgehead atoms. The van der Waals surface area contributed by atoms with Crippen LogP contribution in [0.1, 0.15) is 30.0 Å². The lowest BCUT2D eigenvalue weighted by Crippen LogP contribution is -2.14. The first-order valence-corrected chi connectivity index (χ1v) is 6.68. The van der Waals surface area contributed by atoms with Crippen molar-refractivity contribution in [3.8, 4) is 0 Å². The molecule has 2 nitrogen and oxygen atoms in total. The number of pyridine rings is 1. The van der Waals surface area contributed by atoms with Gasteiger partial charge in [-0.15, -0.1) is 0 Å². The minimum atomic E-state index is -0.441. The summed E-state index contributed by atoms with van der Waals surface area (Å²) in [5.41, 5.74) is 2.50. The van der Waals surface area contributed by atoms with Gasteiger partial charge in [0.25, 0.3) is 0 Å². The summed E-state index contributed by atoms with van der Waals surface area (Å²) in [6.07, 6.45) is 2.45. The second-order valence-corrected chi connectivity index (χ2v) is 5.22. The van der Waals surface area contributed by atoms with E-state index in [2.05, 4.69) is 41.5 Å². The van der Waals surface area contributed by atoms with Gasteiger partial charge in [0.15, 0.2) is 0 Å². The Bertz CT molecular complexity index is 561. The lowest BCUT2D eigenvalue weighted by molar-refractivity contribution is 0.581. The minimum Gasteiger partial charge on any atom is -0.363 e. The van der Waals surface area contributed by atoms with Gasteiger partial charge in [0.2, 0.25) is 5.95 Å². The normalized spacial score (nSPS) is 16.1. The van der Waals surface area contributed by atoms with Crippen LogP contribution in [0.2, 0.25) is 0 Å². The van der Waals surface area contributed by atoms with Crippen LogP contribution in [0.3, 0.4) is 0 Å². The van der Waals surface area contributed by atoms with E-state index < -0.39 is 5.95 Å². The average Bonchev–Trinajstić information content (AvgIpc) is 3.22. The highest BCUT2D eigenvalue weighted by molar-refractivity contribution is 5.39. The molecule has 0 aliphatic heterocycles. The Labute approximate surface area is 112 Å². The number of halogens is 1. The predicted octanol–water partition coefficient (Wildman–Crippen LogP) is 4.09. The van der Waals surface area contributed by atoms with Crippen molar-refractivity contribution in [3.05, 3.63) is 59.5 Å². The zero-order chi connectivity index (χ0) is 13.2. The van der Waals surface area contributed by atoms with E-state index in [1.807, 2.05) is 6.07 Å². The van der Waals surface area contributed by atoms with Crippen LogP contribution in [0, 0.1) is 18.8 Å². The minimum absolute atomic E-state index is 0.231. The summed E-state index contributed by atoms with van der Waals surface area (Å²) in [4.78, 5) is 3.89. The summed E-state index contributed by atoms with van der Waals surface area (Å²) in [6.45, 7) is 2.08. The Balaban J connectivity index is 1.83. The van der Waals surface area contributed by atoms with Gasteiger partial charge < -0.3 is 5.32 Å². The molecule has 1 unspecified atom stereocenters. The molecule has 1 heterocycles. The van der Waals surface area contributed by atoms with Gasteiger partial charge in [0, 0.05) is 0 Å². The number of aryl methyl sites for hydroxylation is 1. The Morgan fingerprint density at radius 3 is 2.53 bits per heavy atom. The summed E-state index contributed by atoms with van der Waals surface area (Å²) in [5.74, 6) is 0.800. The molecule has 1 N–H and O–H groups in total. The van der Waals surface area contributed by atoms with E-state index in [1.54, 1.807) is 6.07 Å². The van der Waals surface area contributed by atoms with Gasteiger partial charge in [-0.1, -0.05) is 35.9 Å². The van der Waals surface area contributed by atoms with Gasteiger partial charge >= 0.3 is 0 Å². The summed E-state index contributed by atoms with van der Waals surface area (Å²) < 4.78 is 13.1. The van der Waals surface area contributed by atoms with Crippen molar-refractivity contribution in [2.45, 2.75) is 25.8 Å². The lowest BCUT2D eigenvalue weighted by Gasteiger charge is -2.19. The van der Waals surface area contributed by atoms with Crippen molar-refractivity contribution >= 4 is 5.82 Å². The molecule has 1 aliphatic carbocycles. The molecule has 2 aromatic rings. The Kier molecular flexibility index (Phi) is 3.20. The first-order valence-electron chi connectivity index (χ1n) is 6.68. The Morgan fingerprint density at radius 1 is 1.16 bits per heavy atom. The van der Waals surface area contributed by atoms with Gasteiger partial charge in [0.05, 0.1) is 6.04 Å². The Morgan fingerprint density at radius 2 is 1.89 bits per heavy atom. The van der Waals surface area contributed by atoms with Gasteiger partial charge in [-0.05, 0) is 43.4 Å². The molecule has 1 aromatic heterocycles. The zero-order valence-electron chi connectivity index (χ0n) is 10.9. The third-order valence-electron chi connectivity index (χ3n) is 3.55. The van der Waals surface area contributed by atoms with E-state index in [-0.39, 0.29) is 6.04 Å². The van der Waals surface area contributed by atoms with Crippen LogP contribution in [-0.4, -0.2) is 4.98 Å². The molecule has 0 saturated heterocycles. The third kappa shape index (κ3) is 2.92. The van der Waals surface area contributed by atoms with E-state index >= 15 is 0 Å². The highest BCUT2D eigenvalue weighted by atomic mass is 19.1. The van der Waals surface area contributed by atoms with E-state index in [4.69, 9.17) is 0 Å².